The van der Waals surface area contributed by atoms with Crippen LogP contribution in [0.25, 0.3) is 0 Å². The van der Waals surface area contributed by atoms with Gasteiger partial charge in [-0.1, -0.05) is 0 Å². The fraction of sp³-hybridized carbons (Fsp3) is 0.400. The van der Waals surface area contributed by atoms with Gasteiger partial charge in [0.05, 0.1) is 0 Å². The summed E-state index contributed by atoms with van der Waals surface area (Å²) in [6, 6.07) is 26.2. The van der Waals surface area contributed by atoms with Crippen LogP contribution in [0.3, 0.4) is 0 Å². The van der Waals surface area contributed by atoms with Crippen molar-refractivity contribution >= 4 is 18.3 Å². The third kappa shape index (κ3) is 10.4. The van der Waals surface area contributed by atoms with E-state index in [0.29, 0.717) is 12.8 Å². The van der Waals surface area contributed by atoms with Crippen molar-refractivity contribution in [3.8, 4) is 0 Å². The van der Waals surface area contributed by atoms with Gasteiger partial charge in [0.15, 0.2) is 0 Å². The third-order valence-corrected chi connectivity index (χ3v) is 10.7. The number of ether oxygens (including phenoxy) is 1. The summed E-state index contributed by atoms with van der Waals surface area (Å²) in [6.07, 6.45) is -0.844. The summed E-state index contributed by atoms with van der Waals surface area (Å²) < 4.78 is 5.92. The van der Waals surface area contributed by atoms with Gasteiger partial charge in [-0.15, -0.1) is 0 Å². The Bertz CT molecular complexity index is 1400. The minimum absolute atomic E-state index is 0.0812. The topological polar surface area (TPSA) is 137 Å². The molecule has 0 saturated carbocycles. The number of aliphatic hydroxyl groups excluding tert-OH is 2. The predicted molar refractivity (Wildman–Crippen MR) is 168 cm³/mol. The average molecular weight is 729 g/mol. The Balaban J connectivity index is 1.42. The molecule has 0 fully saturated rings. The van der Waals surface area contributed by atoms with Crippen LogP contribution in [0.2, 0.25) is 0 Å². The number of rotatable bonds is 14. The van der Waals surface area contributed by atoms with E-state index in [1.54, 1.807) is 20.8 Å². The molecular weight excluding hydrogens is 685 g/mol. The Morgan fingerprint density at radius 2 is 1.53 bits per heavy atom. The molecule has 45 heavy (non-hydrogen) atoms. The summed E-state index contributed by atoms with van der Waals surface area (Å²) in [4.78, 5) is 38.2. The van der Waals surface area contributed by atoms with Gasteiger partial charge in [-0.05, 0) is 0 Å². The summed E-state index contributed by atoms with van der Waals surface area (Å²) in [5, 5.41) is 31.5. The molecule has 0 aromatic heterocycles. The maximum absolute atomic E-state index is 13.7. The molecule has 9 nitrogen and oxygen atoms in total. The van der Waals surface area contributed by atoms with Crippen LogP contribution in [0.5, 0.6) is 0 Å². The van der Waals surface area contributed by atoms with Crippen molar-refractivity contribution < 1.29 is 50.5 Å². The molecular formula is C35H43IN3O6-. The normalized spacial score (nSPS) is 18.7. The first-order chi connectivity index (χ1) is 21.5. The van der Waals surface area contributed by atoms with Crippen molar-refractivity contribution in [3.63, 3.8) is 0 Å². The molecule has 0 radical (unpaired) electrons. The Hall–Kier alpha value is -3.32. The molecule has 5 N–H and O–H groups in total. The molecule has 1 aliphatic rings. The number of aldehydes is 1. The second-order valence-electron chi connectivity index (χ2n) is 12.2. The van der Waals surface area contributed by atoms with E-state index in [1.165, 1.54) is 0 Å². The van der Waals surface area contributed by atoms with Gasteiger partial charge in [-0.2, -0.15) is 0 Å². The van der Waals surface area contributed by atoms with Crippen molar-refractivity contribution in [3.05, 3.63) is 105 Å². The first-order valence-corrected chi connectivity index (χ1v) is 17.5. The predicted octanol–water partition coefficient (Wildman–Crippen LogP) is -0.0101. The molecule has 3 aromatic rings. The van der Waals surface area contributed by atoms with Crippen LogP contribution in [0.1, 0.15) is 43.4 Å². The standard InChI is InChI=1S/C35H43IN3O6/c1-35(2,3)45-34(44)38-28(18-23-12-6-4-7-13-23)29(41)20-37-21-30(42)32(36-26-15-8-5-9-16-26)39-33(43)31-25(22-40)19-24-14-10-11-17-27(24)31/h4-17,22,25,28-32,37,41-42H,18-21H2,1-3H3,(H,38,44)(H,39,43)/q-1/t25?,28-,29+,30+,31?,32?/m0/s1. The van der Waals surface area contributed by atoms with E-state index in [4.69, 9.17) is 4.74 Å². The zero-order chi connectivity index (χ0) is 32.4. The number of carbonyl (C=O) groups excluding carboxylic acids is 3. The van der Waals surface area contributed by atoms with E-state index in [2.05, 4.69) is 16.0 Å². The van der Waals surface area contributed by atoms with Gasteiger partial charge in [0, 0.05) is 0 Å². The van der Waals surface area contributed by atoms with E-state index in [1.807, 2.05) is 84.9 Å². The van der Waals surface area contributed by atoms with E-state index in [9.17, 15) is 24.6 Å². The SMILES string of the molecule is CC(C)(C)OC(=O)N[C@@H](Cc1ccccc1)[C@H](O)CNC[C@@H](O)C(NC(=O)C1c2ccccc2CC1C=O)[I-]c1ccccc1. The monoisotopic (exact) mass is 728 g/mol. The van der Waals surface area contributed by atoms with Crippen molar-refractivity contribution in [2.45, 2.75) is 67.4 Å². The van der Waals surface area contributed by atoms with Crippen molar-refractivity contribution in [1.82, 2.24) is 16.0 Å². The zero-order valence-corrected chi connectivity index (χ0v) is 28.0. The number of aliphatic hydroxyl groups is 2. The van der Waals surface area contributed by atoms with Crippen LogP contribution in [0.4, 0.5) is 4.79 Å². The molecule has 0 bridgehead atoms. The molecule has 242 valence electrons. The Kier molecular flexibility index (Phi) is 12.5. The van der Waals surface area contributed by atoms with Crippen LogP contribution in [0.15, 0.2) is 84.9 Å². The zero-order valence-electron chi connectivity index (χ0n) is 25.9. The number of halogens is 1. The fourth-order valence-electron chi connectivity index (χ4n) is 5.37. The molecule has 3 aromatic carbocycles. The van der Waals surface area contributed by atoms with Crippen molar-refractivity contribution in [2.75, 3.05) is 13.1 Å². The number of benzene rings is 3. The summed E-state index contributed by atoms with van der Waals surface area (Å²) in [5.74, 6) is -1.34. The number of carbonyl (C=O) groups is 3. The summed E-state index contributed by atoms with van der Waals surface area (Å²) in [7, 11) is 0. The van der Waals surface area contributed by atoms with Gasteiger partial charge < -0.3 is 0 Å². The van der Waals surface area contributed by atoms with Gasteiger partial charge in [0.2, 0.25) is 0 Å². The van der Waals surface area contributed by atoms with Crippen molar-refractivity contribution in [2.24, 2.45) is 5.92 Å². The van der Waals surface area contributed by atoms with Crippen molar-refractivity contribution in [1.29, 1.82) is 0 Å². The molecule has 1 aliphatic carbocycles. The van der Waals surface area contributed by atoms with E-state index < -0.39 is 67.0 Å². The van der Waals surface area contributed by atoms with Gasteiger partial charge >= 0.3 is 276 Å². The number of alkyl carbamates (subject to hydrolysis) is 1. The Morgan fingerprint density at radius 3 is 2.20 bits per heavy atom. The third-order valence-electron chi connectivity index (χ3n) is 7.50. The summed E-state index contributed by atoms with van der Waals surface area (Å²) >= 11 is -0.869. The second-order valence-corrected chi connectivity index (χ2v) is 15.4. The van der Waals surface area contributed by atoms with Crippen LogP contribution in [0, 0.1) is 9.49 Å². The number of fused-ring (bicyclic) bond motifs is 1. The number of amides is 2. The van der Waals surface area contributed by atoms with Crippen LogP contribution >= 0.6 is 0 Å². The van der Waals surface area contributed by atoms with Crippen LogP contribution in [-0.4, -0.2) is 69.5 Å². The molecule has 3 unspecified atom stereocenters. The van der Waals surface area contributed by atoms with Gasteiger partial charge in [0.1, 0.15) is 0 Å². The first-order valence-electron chi connectivity index (χ1n) is 15.2. The number of hydrogen-bond donors (Lipinski definition) is 5. The van der Waals surface area contributed by atoms with Crippen LogP contribution < -0.4 is 37.2 Å². The molecule has 2 amide bonds. The van der Waals surface area contributed by atoms with E-state index >= 15 is 0 Å². The molecule has 0 saturated heterocycles. The van der Waals surface area contributed by atoms with Gasteiger partial charge in [-0.25, -0.2) is 0 Å². The minimum atomic E-state index is -0.995. The number of hydrogen-bond acceptors (Lipinski definition) is 7. The molecule has 0 heterocycles. The maximum atomic E-state index is 13.7. The second kappa shape index (κ2) is 16.3. The molecule has 6 atom stereocenters. The number of nitrogens with one attached hydrogen (secondary N) is 3. The molecule has 0 spiro atoms. The van der Waals surface area contributed by atoms with Gasteiger partial charge in [-0.3, -0.25) is 0 Å². The van der Waals surface area contributed by atoms with E-state index in [-0.39, 0.29) is 19.0 Å². The molecule has 0 aliphatic heterocycles. The quantitative estimate of drug-likeness (QED) is 0.0683. The van der Waals surface area contributed by atoms with Crippen LogP contribution in [-0.2, 0) is 27.2 Å². The Morgan fingerprint density at radius 1 is 0.911 bits per heavy atom. The summed E-state index contributed by atoms with van der Waals surface area (Å²) in [5.41, 5.74) is 2.09. The summed E-state index contributed by atoms with van der Waals surface area (Å²) in [6.45, 7) is 5.50. The number of alkyl halides is 1. The fourth-order valence-corrected chi connectivity index (χ4v) is 8.11. The average Bonchev–Trinajstić information content (AvgIpc) is 3.39. The molecule has 4 rings (SSSR count). The first kappa shape index (κ1) is 34.6. The van der Waals surface area contributed by atoms with E-state index in [0.717, 1.165) is 26.5 Å². The Labute approximate surface area is 275 Å². The van der Waals surface area contributed by atoms with Gasteiger partial charge in [0.25, 0.3) is 0 Å². The molecule has 10 heteroatoms.